The summed E-state index contributed by atoms with van der Waals surface area (Å²) in [4.78, 5) is 23.4. The van der Waals surface area contributed by atoms with E-state index >= 15 is 0 Å². The van der Waals surface area contributed by atoms with Gasteiger partial charge in [-0.15, -0.1) is 0 Å². The molecule has 4 N–H and O–H groups in total. The number of nitrogens with one attached hydrogen (secondary N) is 2. The van der Waals surface area contributed by atoms with Gasteiger partial charge in [0.05, 0.1) is 17.0 Å². The molecule has 0 atom stereocenters. The molecule has 4 rings (SSSR count). The maximum atomic E-state index is 13.2. The van der Waals surface area contributed by atoms with E-state index in [-0.39, 0.29) is 11.3 Å². The second-order valence-electron chi connectivity index (χ2n) is 6.59. The number of primary amides is 1. The van der Waals surface area contributed by atoms with Gasteiger partial charge < -0.3 is 16.0 Å². The fourth-order valence-electron chi connectivity index (χ4n) is 3.42. The number of aromatic nitrogens is 3. The number of hydrogen-bond acceptors (Lipinski definition) is 4. The van der Waals surface area contributed by atoms with Crippen LogP contribution in [-0.4, -0.2) is 27.4 Å². The van der Waals surface area contributed by atoms with E-state index < -0.39 is 17.6 Å². The molecule has 6 nitrogen and oxygen atoms in total. The lowest BCUT2D eigenvalue weighted by molar-refractivity contribution is -0.137. The highest BCUT2D eigenvalue weighted by atomic mass is 19.4. The van der Waals surface area contributed by atoms with Crippen LogP contribution in [0.25, 0.3) is 22.5 Å². The van der Waals surface area contributed by atoms with Crippen LogP contribution in [0.2, 0.25) is 0 Å². The quantitative estimate of drug-likeness (QED) is 0.640. The smallest absolute Gasteiger partial charge is 0.369 e. The Morgan fingerprint density at radius 1 is 1.18 bits per heavy atom. The number of rotatable bonds is 3. The molecule has 3 heterocycles. The number of H-pyrrole nitrogens is 1. The van der Waals surface area contributed by atoms with Crippen molar-refractivity contribution in [2.45, 2.75) is 19.5 Å². The highest BCUT2D eigenvalue weighted by Crippen LogP contribution is 2.37. The van der Waals surface area contributed by atoms with Crippen LogP contribution in [-0.2, 0) is 12.6 Å². The molecule has 0 bridgehead atoms. The van der Waals surface area contributed by atoms with Crippen molar-refractivity contribution in [3.63, 3.8) is 0 Å². The molecule has 1 aliphatic rings. The largest absolute Gasteiger partial charge is 0.416 e. The van der Waals surface area contributed by atoms with Crippen LogP contribution < -0.4 is 11.1 Å². The molecule has 0 aliphatic carbocycles. The van der Waals surface area contributed by atoms with Gasteiger partial charge in [0.15, 0.2) is 0 Å². The Bertz CT molecular complexity index is 1090. The van der Waals surface area contributed by atoms with E-state index in [1.54, 1.807) is 13.0 Å². The number of aromatic amines is 1. The molecule has 9 heteroatoms. The highest BCUT2D eigenvalue weighted by Gasteiger charge is 2.31. The van der Waals surface area contributed by atoms with Crippen LogP contribution >= 0.6 is 0 Å². The standard InChI is InChI=1S/C19H16F3N5O/c1-9-2-3-10(19(20,21)22)6-12(9)13-7-14(27-16(13)17(23)28)15-11-4-5-24-18(11)26-8-25-15/h2-3,6-8,27H,4-5H2,1H3,(H2,23,28)(H,24,25,26). The summed E-state index contributed by atoms with van der Waals surface area (Å²) in [5.41, 5.74) is 7.90. The highest BCUT2D eigenvalue weighted by molar-refractivity contribution is 6.00. The van der Waals surface area contributed by atoms with Crippen LogP contribution in [0, 0.1) is 6.92 Å². The average Bonchev–Trinajstić information content (AvgIpc) is 3.28. The van der Waals surface area contributed by atoms with E-state index in [0.29, 0.717) is 41.3 Å². The van der Waals surface area contributed by atoms with Crippen LogP contribution in [0.5, 0.6) is 0 Å². The summed E-state index contributed by atoms with van der Waals surface area (Å²) in [5.74, 6) is -0.0566. The van der Waals surface area contributed by atoms with Crippen molar-refractivity contribution < 1.29 is 18.0 Å². The molecule has 1 aromatic carbocycles. The zero-order valence-corrected chi connectivity index (χ0v) is 14.8. The maximum absolute atomic E-state index is 13.2. The van der Waals surface area contributed by atoms with E-state index in [1.165, 1.54) is 12.4 Å². The number of hydrogen-bond donors (Lipinski definition) is 3. The summed E-state index contributed by atoms with van der Waals surface area (Å²) in [6.07, 6.45) is -2.39. The summed E-state index contributed by atoms with van der Waals surface area (Å²) >= 11 is 0. The van der Waals surface area contributed by atoms with Crippen LogP contribution in [0.1, 0.15) is 27.2 Å². The first kappa shape index (κ1) is 18.0. The Morgan fingerprint density at radius 2 is 1.96 bits per heavy atom. The van der Waals surface area contributed by atoms with Gasteiger partial charge in [-0.2, -0.15) is 13.2 Å². The number of benzene rings is 1. The SMILES string of the molecule is Cc1ccc(C(F)(F)F)cc1-c1cc(-c2ncnc3c2CCN3)[nH]c1C(N)=O. The predicted octanol–water partition coefficient (Wildman–Crippen LogP) is 3.53. The van der Waals surface area contributed by atoms with Gasteiger partial charge in [0.2, 0.25) is 0 Å². The first-order valence-corrected chi connectivity index (χ1v) is 8.55. The Kier molecular flexibility index (Phi) is 4.10. The van der Waals surface area contributed by atoms with E-state index in [2.05, 4.69) is 20.3 Å². The van der Waals surface area contributed by atoms with E-state index in [0.717, 1.165) is 17.7 Å². The number of carbonyl (C=O) groups is 1. The van der Waals surface area contributed by atoms with E-state index in [1.807, 2.05) is 0 Å². The lowest BCUT2D eigenvalue weighted by Gasteiger charge is -2.11. The van der Waals surface area contributed by atoms with Crippen molar-refractivity contribution in [2.75, 3.05) is 11.9 Å². The molecule has 2 aromatic heterocycles. The predicted molar refractivity (Wildman–Crippen MR) is 97.7 cm³/mol. The maximum Gasteiger partial charge on any atom is 0.416 e. The number of anilines is 1. The molecule has 0 spiro atoms. The summed E-state index contributed by atoms with van der Waals surface area (Å²) in [6.45, 7) is 2.39. The molecular formula is C19H16F3N5O. The van der Waals surface area contributed by atoms with Gasteiger partial charge in [0, 0.05) is 17.7 Å². The zero-order valence-electron chi connectivity index (χ0n) is 14.8. The van der Waals surface area contributed by atoms with Gasteiger partial charge in [-0.05, 0) is 42.7 Å². The lowest BCUT2D eigenvalue weighted by atomic mass is 9.97. The number of amides is 1. The van der Waals surface area contributed by atoms with Crippen molar-refractivity contribution in [3.05, 3.63) is 53.0 Å². The fraction of sp³-hybridized carbons (Fsp3) is 0.211. The van der Waals surface area contributed by atoms with Crippen molar-refractivity contribution in [2.24, 2.45) is 5.73 Å². The molecule has 0 radical (unpaired) electrons. The van der Waals surface area contributed by atoms with Gasteiger partial charge in [-0.1, -0.05) is 6.07 Å². The number of carbonyl (C=O) groups excluding carboxylic acids is 1. The van der Waals surface area contributed by atoms with Gasteiger partial charge in [-0.3, -0.25) is 4.79 Å². The minimum absolute atomic E-state index is 0.0377. The molecule has 0 fully saturated rings. The van der Waals surface area contributed by atoms with Crippen LogP contribution in [0.15, 0.2) is 30.6 Å². The fourth-order valence-corrected chi connectivity index (χ4v) is 3.42. The number of halogens is 3. The lowest BCUT2D eigenvalue weighted by Crippen LogP contribution is -2.13. The summed E-state index contributed by atoms with van der Waals surface area (Å²) < 4.78 is 39.5. The number of fused-ring (bicyclic) bond motifs is 1. The number of aryl methyl sites for hydroxylation is 1. The molecule has 0 saturated carbocycles. The Balaban J connectivity index is 1.90. The van der Waals surface area contributed by atoms with Crippen molar-refractivity contribution >= 4 is 11.7 Å². The second-order valence-corrected chi connectivity index (χ2v) is 6.59. The van der Waals surface area contributed by atoms with Gasteiger partial charge >= 0.3 is 6.18 Å². The minimum atomic E-state index is -4.49. The summed E-state index contributed by atoms with van der Waals surface area (Å²) in [6, 6.07) is 5.03. The third kappa shape index (κ3) is 2.98. The summed E-state index contributed by atoms with van der Waals surface area (Å²) in [7, 11) is 0. The topological polar surface area (TPSA) is 96.7 Å². The van der Waals surface area contributed by atoms with Gasteiger partial charge in [0.25, 0.3) is 5.91 Å². The number of alkyl halides is 3. The molecule has 1 aliphatic heterocycles. The van der Waals surface area contributed by atoms with E-state index in [4.69, 9.17) is 5.73 Å². The molecule has 0 saturated heterocycles. The minimum Gasteiger partial charge on any atom is -0.369 e. The monoisotopic (exact) mass is 387 g/mol. The Morgan fingerprint density at radius 3 is 2.68 bits per heavy atom. The first-order valence-electron chi connectivity index (χ1n) is 8.55. The first-order chi connectivity index (χ1) is 13.3. The van der Waals surface area contributed by atoms with Crippen molar-refractivity contribution in [1.82, 2.24) is 15.0 Å². The van der Waals surface area contributed by atoms with Crippen LogP contribution in [0.3, 0.4) is 0 Å². The summed E-state index contributed by atoms with van der Waals surface area (Å²) in [5, 5.41) is 3.14. The molecular weight excluding hydrogens is 371 g/mol. The zero-order chi connectivity index (χ0) is 20.1. The van der Waals surface area contributed by atoms with Crippen LogP contribution in [0.4, 0.5) is 19.0 Å². The molecule has 1 amide bonds. The van der Waals surface area contributed by atoms with Crippen molar-refractivity contribution in [1.29, 1.82) is 0 Å². The Hall–Kier alpha value is -3.36. The average molecular weight is 387 g/mol. The van der Waals surface area contributed by atoms with Crippen molar-refractivity contribution in [3.8, 4) is 22.5 Å². The third-order valence-electron chi connectivity index (χ3n) is 4.79. The Labute approximate surface area is 158 Å². The van der Waals surface area contributed by atoms with E-state index in [9.17, 15) is 18.0 Å². The van der Waals surface area contributed by atoms with Gasteiger partial charge in [0.1, 0.15) is 17.8 Å². The molecule has 28 heavy (non-hydrogen) atoms. The van der Waals surface area contributed by atoms with Gasteiger partial charge in [-0.25, -0.2) is 9.97 Å². The third-order valence-corrected chi connectivity index (χ3v) is 4.79. The molecule has 144 valence electrons. The second kappa shape index (κ2) is 6.36. The normalized spacial score (nSPS) is 13.3. The molecule has 0 unspecified atom stereocenters. The number of nitrogens with zero attached hydrogens (tertiary/aromatic N) is 2. The number of nitrogens with two attached hydrogens (primary N) is 1. The molecule has 3 aromatic rings.